The van der Waals surface area contributed by atoms with E-state index >= 15 is 0 Å². The van der Waals surface area contributed by atoms with E-state index in [1.165, 1.54) is 0 Å². The molecule has 104 valence electrons. The average Bonchev–Trinajstić information content (AvgIpc) is 2.73. The summed E-state index contributed by atoms with van der Waals surface area (Å²) in [7, 11) is 1.94. The summed E-state index contributed by atoms with van der Waals surface area (Å²) < 4.78 is 0. The summed E-state index contributed by atoms with van der Waals surface area (Å²) in [6, 6.07) is 7.96. The first-order chi connectivity index (χ1) is 9.33. The zero-order chi connectivity index (χ0) is 13.5. The molecule has 1 fully saturated rings. The van der Waals surface area contributed by atoms with Crippen LogP contribution in [0.3, 0.4) is 0 Å². The molecule has 2 rings (SSSR count). The Bertz CT molecular complexity index is 412. The molecule has 0 atom stereocenters. The molecule has 1 saturated heterocycles. The molecule has 4 heteroatoms. The van der Waals surface area contributed by atoms with Crippen LogP contribution in [-0.4, -0.2) is 50.6 Å². The van der Waals surface area contributed by atoms with Crippen molar-refractivity contribution in [2.45, 2.75) is 12.8 Å². The third kappa shape index (κ3) is 3.78. The lowest BCUT2D eigenvalue weighted by atomic mass is 10.0. The summed E-state index contributed by atoms with van der Waals surface area (Å²) in [6.45, 7) is 4.45. The highest BCUT2D eigenvalue weighted by molar-refractivity contribution is 5.95. The monoisotopic (exact) mass is 261 g/mol. The Hall–Kier alpha value is -1.39. The van der Waals surface area contributed by atoms with Crippen LogP contribution in [-0.2, 0) is 6.42 Å². The Kier molecular flexibility index (Phi) is 5.36. The summed E-state index contributed by atoms with van der Waals surface area (Å²) >= 11 is 0. The van der Waals surface area contributed by atoms with E-state index in [1.54, 1.807) is 0 Å². The van der Waals surface area contributed by atoms with E-state index < -0.39 is 0 Å². The van der Waals surface area contributed by atoms with Crippen LogP contribution >= 0.6 is 0 Å². The minimum atomic E-state index is 0.176. The highest BCUT2D eigenvalue weighted by Crippen LogP contribution is 2.13. The standard InChI is InChI=1S/C15H23N3O/c1-16-9-7-13-5-2-3-6-14(13)15(19)18-11-4-8-17-10-12-18/h2-3,5-6,16-17H,4,7-12H2,1H3. The van der Waals surface area contributed by atoms with E-state index in [1.807, 2.05) is 30.1 Å². The average molecular weight is 261 g/mol. The van der Waals surface area contributed by atoms with Gasteiger partial charge in [0, 0.05) is 25.2 Å². The van der Waals surface area contributed by atoms with E-state index in [0.717, 1.165) is 56.7 Å². The first-order valence-electron chi connectivity index (χ1n) is 7.05. The molecule has 4 nitrogen and oxygen atoms in total. The molecule has 0 saturated carbocycles. The second kappa shape index (κ2) is 7.26. The largest absolute Gasteiger partial charge is 0.337 e. The first-order valence-corrected chi connectivity index (χ1v) is 7.05. The van der Waals surface area contributed by atoms with Crippen LogP contribution in [0.5, 0.6) is 0 Å². The van der Waals surface area contributed by atoms with Crippen LogP contribution in [0, 0.1) is 0 Å². The lowest BCUT2D eigenvalue weighted by molar-refractivity contribution is 0.0765. The molecule has 0 spiro atoms. The van der Waals surface area contributed by atoms with Crippen molar-refractivity contribution in [2.24, 2.45) is 0 Å². The van der Waals surface area contributed by atoms with E-state index in [4.69, 9.17) is 0 Å². The third-order valence-corrected chi connectivity index (χ3v) is 3.52. The maximum absolute atomic E-state index is 12.6. The summed E-state index contributed by atoms with van der Waals surface area (Å²) in [5.41, 5.74) is 2.00. The molecule has 0 bridgehead atoms. The molecule has 0 aromatic heterocycles. The smallest absolute Gasteiger partial charge is 0.254 e. The van der Waals surface area contributed by atoms with Crippen molar-refractivity contribution in [1.29, 1.82) is 0 Å². The van der Waals surface area contributed by atoms with Gasteiger partial charge in [-0.15, -0.1) is 0 Å². The fourth-order valence-electron chi connectivity index (χ4n) is 2.43. The molecule has 0 unspecified atom stereocenters. The van der Waals surface area contributed by atoms with Crippen LogP contribution in [0.25, 0.3) is 0 Å². The second-order valence-electron chi connectivity index (χ2n) is 4.91. The zero-order valence-electron chi connectivity index (χ0n) is 11.6. The van der Waals surface area contributed by atoms with Gasteiger partial charge in [-0.2, -0.15) is 0 Å². The molecular weight excluding hydrogens is 238 g/mol. The summed E-state index contributed by atoms with van der Waals surface area (Å²) in [6.07, 6.45) is 1.93. The molecule has 1 aromatic rings. The van der Waals surface area contributed by atoms with Gasteiger partial charge in [0.1, 0.15) is 0 Å². The normalized spacial score (nSPS) is 16.2. The lowest BCUT2D eigenvalue weighted by Gasteiger charge is -2.21. The lowest BCUT2D eigenvalue weighted by Crippen LogP contribution is -2.34. The van der Waals surface area contributed by atoms with Gasteiger partial charge in [-0.3, -0.25) is 4.79 Å². The molecule has 1 aliphatic rings. The number of hydrogen-bond donors (Lipinski definition) is 2. The maximum atomic E-state index is 12.6. The Morgan fingerprint density at radius 2 is 2.16 bits per heavy atom. The van der Waals surface area contributed by atoms with Crippen LogP contribution in [0.2, 0.25) is 0 Å². The highest BCUT2D eigenvalue weighted by atomic mass is 16.2. The van der Waals surface area contributed by atoms with Crippen molar-refractivity contribution in [3.63, 3.8) is 0 Å². The second-order valence-corrected chi connectivity index (χ2v) is 4.91. The van der Waals surface area contributed by atoms with Gasteiger partial charge in [0.05, 0.1) is 0 Å². The van der Waals surface area contributed by atoms with Gasteiger partial charge in [0.15, 0.2) is 0 Å². The van der Waals surface area contributed by atoms with Crippen LogP contribution < -0.4 is 10.6 Å². The van der Waals surface area contributed by atoms with Crippen molar-refractivity contribution in [3.8, 4) is 0 Å². The van der Waals surface area contributed by atoms with Gasteiger partial charge < -0.3 is 15.5 Å². The minimum Gasteiger partial charge on any atom is -0.337 e. The molecular formula is C15H23N3O. The predicted molar refractivity (Wildman–Crippen MR) is 77.5 cm³/mol. The summed E-state index contributed by atoms with van der Waals surface area (Å²) in [4.78, 5) is 14.6. The van der Waals surface area contributed by atoms with Gasteiger partial charge in [-0.1, -0.05) is 18.2 Å². The van der Waals surface area contributed by atoms with Crippen molar-refractivity contribution >= 4 is 5.91 Å². The number of amides is 1. The van der Waals surface area contributed by atoms with Crippen LogP contribution in [0.4, 0.5) is 0 Å². The Morgan fingerprint density at radius 1 is 1.32 bits per heavy atom. The number of carbonyl (C=O) groups excluding carboxylic acids is 1. The Balaban J connectivity index is 2.12. The number of nitrogens with zero attached hydrogens (tertiary/aromatic N) is 1. The molecule has 19 heavy (non-hydrogen) atoms. The van der Waals surface area contributed by atoms with Crippen LogP contribution in [0.15, 0.2) is 24.3 Å². The topological polar surface area (TPSA) is 44.4 Å². The van der Waals surface area contributed by atoms with Gasteiger partial charge >= 0.3 is 0 Å². The predicted octanol–water partition coefficient (Wildman–Crippen LogP) is 0.884. The Morgan fingerprint density at radius 3 is 3.00 bits per heavy atom. The maximum Gasteiger partial charge on any atom is 0.254 e. The van der Waals surface area contributed by atoms with Crippen molar-refractivity contribution in [1.82, 2.24) is 15.5 Å². The quantitative estimate of drug-likeness (QED) is 0.846. The highest BCUT2D eigenvalue weighted by Gasteiger charge is 2.19. The van der Waals surface area contributed by atoms with Gasteiger partial charge in [-0.05, 0) is 44.6 Å². The Labute approximate surface area is 115 Å². The summed E-state index contributed by atoms with van der Waals surface area (Å²) in [5, 5.41) is 6.47. The van der Waals surface area contributed by atoms with Crippen molar-refractivity contribution < 1.29 is 4.79 Å². The molecule has 1 heterocycles. The van der Waals surface area contributed by atoms with Gasteiger partial charge in [0.25, 0.3) is 5.91 Å². The van der Waals surface area contributed by atoms with Gasteiger partial charge in [-0.25, -0.2) is 0 Å². The van der Waals surface area contributed by atoms with E-state index in [9.17, 15) is 4.79 Å². The number of hydrogen-bond acceptors (Lipinski definition) is 3. The van der Waals surface area contributed by atoms with Crippen LogP contribution in [0.1, 0.15) is 22.3 Å². The minimum absolute atomic E-state index is 0.176. The SMILES string of the molecule is CNCCc1ccccc1C(=O)N1CCCNCC1. The number of benzene rings is 1. The third-order valence-electron chi connectivity index (χ3n) is 3.52. The number of likely N-dealkylation sites (N-methyl/N-ethyl adjacent to an activating group) is 1. The van der Waals surface area contributed by atoms with E-state index in [-0.39, 0.29) is 5.91 Å². The van der Waals surface area contributed by atoms with Crippen molar-refractivity contribution in [3.05, 3.63) is 35.4 Å². The summed E-state index contributed by atoms with van der Waals surface area (Å²) in [5.74, 6) is 0.176. The molecule has 0 aliphatic carbocycles. The van der Waals surface area contributed by atoms with Crippen molar-refractivity contribution in [2.75, 3.05) is 39.8 Å². The van der Waals surface area contributed by atoms with Gasteiger partial charge in [0.2, 0.25) is 0 Å². The number of rotatable bonds is 4. The molecule has 1 amide bonds. The number of nitrogens with one attached hydrogen (secondary N) is 2. The molecule has 1 aliphatic heterocycles. The van der Waals surface area contributed by atoms with E-state index in [0.29, 0.717) is 0 Å². The van der Waals surface area contributed by atoms with E-state index in [2.05, 4.69) is 16.7 Å². The molecule has 1 aromatic carbocycles. The number of carbonyl (C=O) groups is 1. The molecule has 2 N–H and O–H groups in total. The fourth-order valence-corrected chi connectivity index (χ4v) is 2.43. The molecule has 0 radical (unpaired) electrons. The fraction of sp³-hybridized carbons (Fsp3) is 0.533. The zero-order valence-corrected chi connectivity index (χ0v) is 11.6. The first kappa shape index (κ1) is 14.0.